The van der Waals surface area contributed by atoms with Gasteiger partial charge in [-0.1, -0.05) is 23.7 Å². The number of hydrogen-bond acceptors (Lipinski definition) is 4. The Hall–Kier alpha value is -2.05. The summed E-state index contributed by atoms with van der Waals surface area (Å²) >= 11 is 7.25. The average Bonchev–Trinajstić information content (AvgIpc) is 2.62. The van der Waals surface area contributed by atoms with Crippen molar-refractivity contribution in [1.29, 1.82) is 0 Å². The van der Waals surface area contributed by atoms with Gasteiger partial charge in [0.1, 0.15) is 5.82 Å². The van der Waals surface area contributed by atoms with Gasteiger partial charge in [0.2, 0.25) is 0 Å². The summed E-state index contributed by atoms with van der Waals surface area (Å²) in [4.78, 5) is 24.4. The van der Waals surface area contributed by atoms with E-state index in [1.165, 1.54) is 23.9 Å². The van der Waals surface area contributed by atoms with Crippen LogP contribution in [0.3, 0.4) is 0 Å². The maximum atomic E-state index is 12.8. The summed E-state index contributed by atoms with van der Waals surface area (Å²) in [5.74, 6) is -0.624. The van der Waals surface area contributed by atoms with Gasteiger partial charge in [0, 0.05) is 15.7 Å². The SMILES string of the molecule is C[C@H](NC(=O)COC(=O)CCSc1ccc(F)cc1)c1ccc(Cl)cc1. The number of halogens is 2. The third-order valence-electron chi connectivity index (χ3n) is 3.50. The van der Waals surface area contributed by atoms with E-state index in [0.717, 1.165) is 10.5 Å². The van der Waals surface area contributed by atoms with E-state index in [1.807, 2.05) is 19.1 Å². The second-order valence-electron chi connectivity index (χ2n) is 5.55. The zero-order valence-electron chi connectivity index (χ0n) is 14.2. The van der Waals surface area contributed by atoms with Crippen LogP contribution in [-0.4, -0.2) is 24.2 Å². The standard InChI is InChI=1S/C19H19ClFNO3S/c1-13(14-2-4-15(20)5-3-14)22-18(23)12-25-19(24)10-11-26-17-8-6-16(21)7-9-17/h2-9,13H,10-12H2,1H3,(H,22,23)/t13-/m0/s1. The van der Waals surface area contributed by atoms with Crippen molar-refractivity contribution in [3.05, 3.63) is 64.9 Å². The first-order valence-corrected chi connectivity index (χ1v) is 9.39. The quantitative estimate of drug-likeness (QED) is 0.532. The van der Waals surface area contributed by atoms with Crippen LogP contribution in [0.5, 0.6) is 0 Å². The Bertz CT molecular complexity index is 737. The van der Waals surface area contributed by atoms with Gasteiger partial charge in [0.15, 0.2) is 6.61 Å². The third kappa shape index (κ3) is 7.06. The van der Waals surface area contributed by atoms with E-state index in [1.54, 1.807) is 24.3 Å². The fourth-order valence-corrected chi connectivity index (χ4v) is 3.08. The van der Waals surface area contributed by atoms with Crippen molar-refractivity contribution in [2.45, 2.75) is 24.3 Å². The fraction of sp³-hybridized carbons (Fsp3) is 0.263. The molecule has 0 aliphatic heterocycles. The zero-order valence-corrected chi connectivity index (χ0v) is 15.8. The average molecular weight is 396 g/mol. The van der Waals surface area contributed by atoms with Gasteiger partial charge in [-0.15, -0.1) is 11.8 Å². The van der Waals surface area contributed by atoms with Gasteiger partial charge in [-0.25, -0.2) is 4.39 Å². The second kappa shape index (κ2) is 10.2. The van der Waals surface area contributed by atoms with Crippen molar-refractivity contribution >= 4 is 35.2 Å². The predicted molar refractivity (Wildman–Crippen MR) is 101 cm³/mol. The number of benzene rings is 2. The van der Waals surface area contributed by atoms with E-state index in [4.69, 9.17) is 16.3 Å². The molecule has 2 aromatic rings. The van der Waals surface area contributed by atoms with Crippen molar-refractivity contribution in [3.63, 3.8) is 0 Å². The predicted octanol–water partition coefficient (Wildman–Crippen LogP) is 4.38. The Morgan fingerprint density at radius 1 is 1.15 bits per heavy atom. The molecule has 0 radical (unpaired) electrons. The first-order chi connectivity index (χ1) is 12.4. The molecular weight excluding hydrogens is 377 g/mol. The molecule has 0 bridgehead atoms. The van der Waals surface area contributed by atoms with Crippen LogP contribution in [0.2, 0.25) is 5.02 Å². The molecule has 138 valence electrons. The Balaban J connectivity index is 1.65. The Labute approximate surface area is 161 Å². The minimum Gasteiger partial charge on any atom is -0.456 e. The lowest BCUT2D eigenvalue weighted by atomic mass is 10.1. The molecule has 4 nitrogen and oxygen atoms in total. The minimum atomic E-state index is -0.450. The van der Waals surface area contributed by atoms with Crippen LogP contribution in [0.4, 0.5) is 4.39 Å². The molecule has 0 saturated carbocycles. The van der Waals surface area contributed by atoms with Crippen LogP contribution in [-0.2, 0) is 14.3 Å². The normalized spacial score (nSPS) is 11.7. The molecule has 1 atom stereocenters. The Kier molecular flexibility index (Phi) is 7.94. The number of ether oxygens (including phenoxy) is 1. The largest absolute Gasteiger partial charge is 0.456 e. The number of esters is 1. The molecular formula is C19H19ClFNO3S. The smallest absolute Gasteiger partial charge is 0.307 e. The highest BCUT2D eigenvalue weighted by Crippen LogP contribution is 2.19. The van der Waals surface area contributed by atoms with E-state index in [-0.39, 0.29) is 30.8 Å². The molecule has 1 N–H and O–H groups in total. The number of thioether (sulfide) groups is 1. The van der Waals surface area contributed by atoms with Gasteiger partial charge in [0.25, 0.3) is 5.91 Å². The summed E-state index contributed by atoms with van der Waals surface area (Å²) in [7, 11) is 0. The lowest BCUT2D eigenvalue weighted by Gasteiger charge is -2.14. The maximum Gasteiger partial charge on any atom is 0.307 e. The number of carbonyl (C=O) groups excluding carboxylic acids is 2. The summed E-state index contributed by atoms with van der Waals surface area (Å²) in [6, 6.07) is 13.0. The molecule has 2 rings (SSSR count). The fourth-order valence-electron chi connectivity index (χ4n) is 2.12. The van der Waals surface area contributed by atoms with Gasteiger partial charge < -0.3 is 10.1 Å². The third-order valence-corrected chi connectivity index (χ3v) is 4.77. The number of amides is 1. The van der Waals surface area contributed by atoms with Gasteiger partial charge in [-0.05, 0) is 48.9 Å². The number of rotatable bonds is 8. The molecule has 0 saturated heterocycles. The Morgan fingerprint density at radius 3 is 2.46 bits per heavy atom. The van der Waals surface area contributed by atoms with Crippen molar-refractivity contribution in [3.8, 4) is 0 Å². The summed E-state index contributed by atoms with van der Waals surface area (Å²) < 4.78 is 17.8. The van der Waals surface area contributed by atoms with Gasteiger partial charge in [0.05, 0.1) is 12.5 Å². The number of carbonyl (C=O) groups is 2. The van der Waals surface area contributed by atoms with E-state index in [0.29, 0.717) is 10.8 Å². The summed E-state index contributed by atoms with van der Waals surface area (Å²) in [5.41, 5.74) is 0.907. The molecule has 0 aliphatic carbocycles. The highest BCUT2D eigenvalue weighted by molar-refractivity contribution is 7.99. The van der Waals surface area contributed by atoms with E-state index in [2.05, 4.69) is 5.32 Å². The molecule has 0 unspecified atom stereocenters. The first-order valence-electron chi connectivity index (χ1n) is 8.03. The zero-order chi connectivity index (χ0) is 18.9. The van der Waals surface area contributed by atoms with Crippen molar-refractivity contribution in [1.82, 2.24) is 5.32 Å². The van der Waals surface area contributed by atoms with E-state index >= 15 is 0 Å². The van der Waals surface area contributed by atoms with E-state index in [9.17, 15) is 14.0 Å². The maximum absolute atomic E-state index is 12.8. The molecule has 0 aromatic heterocycles. The highest BCUT2D eigenvalue weighted by Gasteiger charge is 2.12. The molecule has 0 fully saturated rings. The molecule has 1 amide bonds. The van der Waals surface area contributed by atoms with Crippen molar-refractivity contribution in [2.24, 2.45) is 0 Å². The molecule has 7 heteroatoms. The number of hydrogen-bond donors (Lipinski definition) is 1. The van der Waals surface area contributed by atoms with Crippen LogP contribution >= 0.6 is 23.4 Å². The van der Waals surface area contributed by atoms with Gasteiger partial charge >= 0.3 is 5.97 Å². The number of nitrogens with one attached hydrogen (secondary N) is 1. The van der Waals surface area contributed by atoms with Crippen molar-refractivity contribution < 1.29 is 18.7 Å². The summed E-state index contributed by atoms with van der Waals surface area (Å²) in [6.45, 7) is 1.51. The van der Waals surface area contributed by atoms with E-state index < -0.39 is 5.97 Å². The lowest BCUT2D eigenvalue weighted by molar-refractivity contribution is -0.148. The Morgan fingerprint density at radius 2 is 1.81 bits per heavy atom. The minimum absolute atomic E-state index is 0.169. The van der Waals surface area contributed by atoms with Crippen molar-refractivity contribution in [2.75, 3.05) is 12.4 Å². The summed E-state index contributed by atoms with van der Waals surface area (Å²) in [5, 5.41) is 3.38. The first kappa shape index (κ1) is 20.3. The summed E-state index contributed by atoms with van der Waals surface area (Å²) in [6.07, 6.45) is 0.169. The molecule has 26 heavy (non-hydrogen) atoms. The van der Waals surface area contributed by atoms with Crippen LogP contribution < -0.4 is 5.32 Å². The lowest BCUT2D eigenvalue weighted by Crippen LogP contribution is -2.31. The van der Waals surface area contributed by atoms with Crippen LogP contribution in [0.25, 0.3) is 0 Å². The molecule has 0 spiro atoms. The van der Waals surface area contributed by atoms with Crippen LogP contribution in [0.1, 0.15) is 24.9 Å². The highest BCUT2D eigenvalue weighted by atomic mass is 35.5. The second-order valence-corrected chi connectivity index (χ2v) is 7.16. The molecule has 0 heterocycles. The molecule has 0 aliphatic rings. The topological polar surface area (TPSA) is 55.4 Å². The van der Waals surface area contributed by atoms with Gasteiger partial charge in [-0.2, -0.15) is 0 Å². The van der Waals surface area contributed by atoms with Crippen LogP contribution in [0.15, 0.2) is 53.4 Å². The van der Waals surface area contributed by atoms with Crippen LogP contribution in [0, 0.1) is 5.82 Å². The monoisotopic (exact) mass is 395 g/mol. The van der Waals surface area contributed by atoms with Gasteiger partial charge in [-0.3, -0.25) is 9.59 Å². The molecule has 2 aromatic carbocycles.